The first-order valence-corrected chi connectivity index (χ1v) is 6.05. The van der Waals surface area contributed by atoms with Gasteiger partial charge in [-0.1, -0.05) is 13.8 Å². The standard InChI is InChI=1S/C10H19NS/c1-8(2)4-7-10(12-3)11-9-5-6-9/h8-9H,4-7H2,1-3H3. The minimum absolute atomic E-state index is 0.694. The molecular formula is C10H19NS. The number of aliphatic imine (C=N–C) groups is 1. The first-order valence-electron chi connectivity index (χ1n) is 4.83. The Morgan fingerprint density at radius 2 is 2.17 bits per heavy atom. The van der Waals surface area contributed by atoms with Crippen LogP contribution >= 0.6 is 11.8 Å². The van der Waals surface area contributed by atoms with Crippen molar-refractivity contribution in [1.82, 2.24) is 0 Å². The molecule has 1 rings (SSSR count). The summed E-state index contributed by atoms with van der Waals surface area (Å²) in [5.74, 6) is 0.807. The molecule has 0 spiro atoms. The van der Waals surface area contributed by atoms with E-state index in [2.05, 4.69) is 25.1 Å². The van der Waals surface area contributed by atoms with Crippen LogP contribution in [0.1, 0.15) is 39.5 Å². The lowest BCUT2D eigenvalue weighted by molar-refractivity contribution is 0.605. The van der Waals surface area contributed by atoms with Crippen molar-refractivity contribution in [3.05, 3.63) is 0 Å². The average Bonchev–Trinajstić information content (AvgIpc) is 2.81. The molecule has 0 saturated heterocycles. The lowest BCUT2D eigenvalue weighted by Crippen LogP contribution is -1.97. The third kappa shape index (κ3) is 4.15. The molecule has 0 radical (unpaired) electrons. The van der Waals surface area contributed by atoms with Crippen molar-refractivity contribution >= 4 is 16.8 Å². The molecule has 70 valence electrons. The first kappa shape index (κ1) is 10.1. The molecule has 0 aromatic rings. The van der Waals surface area contributed by atoms with E-state index in [9.17, 15) is 0 Å². The molecule has 0 unspecified atom stereocenters. The Labute approximate surface area is 80.0 Å². The summed E-state index contributed by atoms with van der Waals surface area (Å²) in [6.07, 6.45) is 7.26. The van der Waals surface area contributed by atoms with Crippen LogP contribution in [-0.4, -0.2) is 17.3 Å². The van der Waals surface area contributed by atoms with Crippen LogP contribution in [0.4, 0.5) is 0 Å². The Kier molecular flexibility index (Phi) is 4.13. The van der Waals surface area contributed by atoms with Crippen molar-refractivity contribution in [2.45, 2.75) is 45.6 Å². The Balaban J connectivity index is 2.24. The maximum Gasteiger partial charge on any atom is 0.0676 e. The molecule has 1 aliphatic carbocycles. The third-order valence-electron chi connectivity index (χ3n) is 2.04. The summed E-state index contributed by atoms with van der Waals surface area (Å²) in [4.78, 5) is 4.66. The van der Waals surface area contributed by atoms with E-state index >= 15 is 0 Å². The van der Waals surface area contributed by atoms with E-state index in [1.54, 1.807) is 0 Å². The van der Waals surface area contributed by atoms with Crippen molar-refractivity contribution in [3.8, 4) is 0 Å². The summed E-state index contributed by atoms with van der Waals surface area (Å²) in [7, 11) is 0. The van der Waals surface area contributed by atoms with Crippen LogP contribution in [0.2, 0.25) is 0 Å². The maximum atomic E-state index is 4.66. The van der Waals surface area contributed by atoms with Crippen molar-refractivity contribution in [2.24, 2.45) is 10.9 Å². The van der Waals surface area contributed by atoms with Gasteiger partial charge in [-0.05, 0) is 37.9 Å². The van der Waals surface area contributed by atoms with Crippen LogP contribution < -0.4 is 0 Å². The molecule has 1 fully saturated rings. The van der Waals surface area contributed by atoms with E-state index in [1.165, 1.54) is 30.7 Å². The van der Waals surface area contributed by atoms with Gasteiger partial charge in [0.05, 0.1) is 11.1 Å². The van der Waals surface area contributed by atoms with Gasteiger partial charge >= 0.3 is 0 Å². The van der Waals surface area contributed by atoms with Crippen LogP contribution in [0, 0.1) is 5.92 Å². The van der Waals surface area contributed by atoms with Gasteiger partial charge in [-0.15, -0.1) is 11.8 Å². The zero-order valence-corrected chi connectivity index (χ0v) is 9.16. The first-order chi connectivity index (χ1) is 5.72. The predicted molar refractivity (Wildman–Crippen MR) is 58.0 cm³/mol. The molecule has 0 aromatic carbocycles. The molecule has 0 aromatic heterocycles. The molecule has 1 aliphatic rings. The quantitative estimate of drug-likeness (QED) is 0.483. The number of hydrogen-bond donors (Lipinski definition) is 0. The largest absolute Gasteiger partial charge is 0.280 e. The summed E-state index contributed by atoms with van der Waals surface area (Å²) in [5, 5.41) is 1.37. The number of nitrogens with zero attached hydrogens (tertiary/aromatic N) is 1. The van der Waals surface area contributed by atoms with Gasteiger partial charge < -0.3 is 0 Å². The summed E-state index contributed by atoms with van der Waals surface area (Å²) in [5.41, 5.74) is 0. The summed E-state index contributed by atoms with van der Waals surface area (Å²) in [6, 6.07) is 0.694. The molecule has 0 atom stereocenters. The van der Waals surface area contributed by atoms with Gasteiger partial charge in [0.25, 0.3) is 0 Å². The highest BCUT2D eigenvalue weighted by molar-refractivity contribution is 8.13. The molecule has 1 saturated carbocycles. The van der Waals surface area contributed by atoms with E-state index in [-0.39, 0.29) is 0 Å². The highest BCUT2D eigenvalue weighted by Crippen LogP contribution is 2.26. The maximum absolute atomic E-state index is 4.66. The number of rotatable bonds is 4. The zero-order valence-electron chi connectivity index (χ0n) is 8.34. The molecule has 0 amide bonds. The Hall–Kier alpha value is 0.0200. The fourth-order valence-corrected chi connectivity index (χ4v) is 1.62. The zero-order chi connectivity index (χ0) is 8.97. The molecule has 0 N–H and O–H groups in total. The molecule has 1 nitrogen and oxygen atoms in total. The second-order valence-electron chi connectivity index (χ2n) is 3.89. The average molecular weight is 185 g/mol. The van der Waals surface area contributed by atoms with E-state index < -0.39 is 0 Å². The smallest absolute Gasteiger partial charge is 0.0676 e. The Morgan fingerprint density at radius 3 is 2.58 bits per heavy atom. The van der Waals surface area contributed by atoms with Gasteiger partial charge in [0, 0.05) is 0 Å². The fourth-order valence-electron chi connectivity index (χ4n) is 1.04. The second kappa shape index (κ2) is 4.90. The normalized spacial score (nSPS) is 18.8. The van der Waals surface area contributed by atoms with Crippen LogP contribution in [-0.2, 0) is 0 Å². The SMILES string of the molecule is CSC(CCC(C)C)=NC1CC1. The molecule has 0 bridgehead atoms. The van der Waals surface area contributed by atoms with Gasteiger partial charge in [-0.2, -0.15) is 0 Å². The Bertz CT molecular complexity index is 159. The molecule has 12 heavy (non-hydrogen) atoms. The molecule has 2 heteroatoms. The monoisotopic (exact) mass is 185 g/mol. The summed E-state index contributed by atoms with van der Waals surface area (Å²) in [6.45, 7) is 4.55. The van der Waals surface area contributed by atoms with E-state index in [4.69, 9.17) is 0 Å². The minimum atomic E-state index is 0.694. The summed E-state index contributed by atoms with van der Waals surface area (Å²) < 4.78 is 0. The summed E-state index contributed by atoms with van der Waals surface area (Å²) >= 11 is 1.83. The highest BCUT2D eigenvalue weighted by atomic mass is 32.2. The fraction of sp³-hybridized carbons (Fsp3) is 0.900. The van der Waals surface area contributed by atoms with Crippen LogP contribution in [0.25, 0.3) is 0 Å². The second-order valence-corrected chi connectivity index (χ2v) is 4.77. The molecule has 0 heterocycles. The van der Waals surface area contributed by atoms with Crippen molar-refractivity contribution < 1.29 is 0 Å². The number of hydrogen-bond acceptors (Lipinski definition) is 2. The van der Waals surface area contributed by atoms with Crippen molar-refractivity contribution in [2.75, 3.05) is 6.26 Å². The topological polar surface area (TPSA) is 12.4 Å². The van der Waals surface area contributed by atoms with Crippen LogP contribution in [0.5, 0.6) is 0 Å². The van der Waals surface area contributed by atoms with Gasteiger partial charge in [0.15, 0.2) is 0 Å². The van der Waals surface area contributed by atoms with Crippen molar-refractivity contribution in [1.29, 1.82) is 0 Å². The van der Waals surface area contributed by atoms with Gasteiger partial charge in [-0.25, -0.2) is 0 Å². The van der Waals surface area contributed by atoms with Crippen LogP contribution in [0.3, 0.4) is 0 Å². The predicted octanol–water partition coefficient (Wildman–Crippen LogP) is 3.35. The lowest BCUT2D eigenvalue weighted by atomic mass is 10.1. The minimum Gasteiger partial charge on any atom is -0.280 e. The van der Waals surface area contributed by atoms with Crippen LogP contribution in [0.15, 0.2) is 4.99 Å². The Morgan fingerprint density at radius 1 is 1.50 bits per heavy atom. The van der Waals surface area contributed by atoms with Gasteiger partial charge in [-0.3, -0.25) is 4.99 Å². The van der Waals surface area contributed by atoms with E-state index in [0.29, 0.717) is 6.04 Å². The number of thioether (sulfide) groups is 1. The lowest BCUT2D eigenvalue weighted by Gasteiger charge is -2.05. The van der Waals surface area contributed by atoms with Crippen molar-refractivity contribution in [3.63, 3.8) is 0 Å². The highest BCUT2D eigenvalue weighted by Gasteiger charge is 2.20. The van der Waals surface area contributed by atoms with E-state index in [1.807, 2.05) is 11.8 Å². The van der Waals surface area contributed by atoms with Gasteiger partial charge in [0.2, 0.25) is 0 Å². The van der Waals surface area contributed by atoms with E-state index in [0.717, 1.165) is 5.92 Å². The molecular weight excluding hydrogens is 166 g/mol. The van der Waals surface area contributed by atoms with Gasteiger partial charge in [0.1, 0.15) is 0 Å². The molecule has 0 aliphatic heterocycles. The third-order valence-corrected chi connectivity index (χ3v) is 2.83.